The van der Waals surface area contributed by atoms with E-state index in [1.165, 1.54) is 30.3 Å². The van der Waals surface area contributed by atoms with E-state index >= 15 is 0 Å². The molecule has 0 saturated carbocycles. The van der Waals surface area contributed by atoms with Crippen molar-refractivity contribution >= 4 is 27.4 Å². The number of nitrogens with one attached hydrogen (secondary N) is 2. The molecular weight excluding hydrogens is 418 g/mol. The molecule has 1 aromatic heterocycles. The summed E-state index contributed by atoms with van der Waals surface area (Å²) in [4.78, 5) is 12.3. The molecule has 0 aliphatic heterocycles. The van der Waals surface area contributed by atoms with E-state index in [4.69, 9.17) is 9.26 Å². The Balaban J connectivity index is 1.61. The van der Waals surface area contributed by atoms with E-state index in [0.717, 1.165) is 11.1 Å². The van der Waals surface area contributed by atoms with Crippen LogP contribution in [0.15, 0.2) is 57.9 Å². The maximum absolute atomic E-state index is 12.4. The van der Waals surface area contributed by atoms with E-state index in [2.05, 4.69) is 29.0 Å². The summed E-state index contributed by atoms with van der Waals surface area (Å²) in [6.07, 6.45) is 0. The van der Waals surface area contributed by atoms with Crippen molar-refractivity contribution in [2.24, 2.45) is 0 Å². The average Bonchev–Trinajstić information content (AvgIpc) is 3.10. The van der Waals surface area contributed by atoms with Gasteiger partial charge in [0, 0.05) is 11.8 Å². The predicted octanol–water partition coefficient (Wildman–Crippen LogP) is 4.23. The van der Waals surface area contributed by atoms with Crippen molar-refractivity contribution in [1.29, 1.82) is 0 Å². The molecule has 8 nitrogen and oxygen atoms in total. The van der Waals surface area contributed by atoms with Crippen LogP contribution in [0.4, 0.5) is 11.5 Å². The third kappa shape index (κ3) is 5.85. The highest BCUT2D eigenvalue weighted by Gasteiger charge is 2.16. The highest BCUT2D eigenvalue weighted by molar-refractivity contribution is 7.92. The van der Waals surface area contributed by atoms with E-state index in [9.17, 15) is 13.2 Å². The van der Waals surface area contributed by atoms with Crippen molar-refractivity contribution in [3.8, 4) is 5.75 Å². The predicted molar refractivity (Wildman–Crippen MR) is 118 cm³/mol. The van der Waals surface area contributed by atoms with Crippen LogP contribution in [0.2, 0.25) is 0 Å². The van der Waals surface area contributed by atoms with Crippen LogP contribution in [-0.4, -0.2) is 26.1 Å². The first-order valence-electron chi connectivity index (χ1n) is 9.73. The Morgan fingerprint density at radius 2 is 1.81 bits per heavy atom. The second-order valence-electron chi connectivity index (χ2n) is 7.49. The highest BCUT2D eigenvalue weighted by Crippen LogP contribution is 2.27. The Hall–Kier alpha value is -3.33. The average molecular weight is 444 g/mol. The zero-order valence-electron chi connectivity index (χ0n) is 17.8. The normalized spacial score (nSPS) is 11.4. The second-order valence-corrected chi connectivity index (χ2v) is 9.17. The van der Waals surface area contributed by atoms with Crippen molar-refractivity contribution in [2.75, 3.05) is 16.6 Å². The van der Waals surface area contributed by atoms with Crippen molar-refractivity contribution in [1.82, 2.24) is 5.16 Å². The topological polar surface area (TPSA) is 111 Å². The van der Waals surface area contributed by atoms with Gasteiger partial charge in [-0.1, -0.05) is 31.1 Å². The zero-order chi connectivity index (χ0) is 22.6. The SMILES string of the molecule is Cc1ccc(C(C)C)c(OCC(=O)Nc2ccc(S(=O)(=O)Nc3cc(C)on3)cc2)c1. The van der Waals surface area contributed by atoms with Gasteiger partial charge in [-0.3, -0.25) is 9.52 Å². The number of carbonyl (C=O) groups excluding carboxylic acids is 1. The Morgan fingerprint density at radius 1 is 1.10 bits per heavy atom. The van der Waals surface area contributed by atoms with Crippen molar-refractivity contribution in [2.45, 2.75) is 38.5 Å². The van der Waals surface area contributed by atoms with Gasteiger partial charge >= 0.3 is 0 Å². The number of anilines is 2. The van der Waals surface area contributed by atoms with Gasteiger partial charge in [0.05, 0.1) is 4.90 Å². The third-order valence-electron chi connectivity index (χ3n) is 4.47. The molecule has 2 aromatic carbocycles. The van der Waals surface area contributed by atoms with Gasteiger partial charge in [-0.05, 0) is 61.2 Å². The number of amides is 1. The van der Waals surface area contributed by atoms with Crippen LogP contribution in [0.5, 0.6) is 5.75 Å². The molecule has 3 aromatic rings. The lowest BCUT2D eigenvalue weighted by Gasteiger charge is -2.15. The molecular formula is C22H25N3O5S. The maximum atomic E-state index is 12.4. The van der Waals surface area contributed by atoms with Crippen LogP contribution >= 0.6 is 0 Å². The molecule has 2 N–H and O–H groups in total. The molecule has 0 bridgehead atoms. The Bertz CT molecular complexity index is 1170. The largest absolute Gasteiger partial charge is 0.483 e. The fraction of sp³-hybridized carbons (Fsp3) is 0.273. The highest BCUT2D eigenvalue weighted by atomic mass is 32.2. The molecule has 0 aliphatic rings. The lowest BCUT2D eigenvalue weighted by atomic mass is 10.0. The number of carbonyl (C=O) groups is 1. The van der Waals surface area contributed by atoms with Gasteiger partial charge in [-0.25, -0.2) is 8.42 Å². The fourth-order valence-electron chi connectivity index (χ4n) is 2.91. The summed E-state index contributed by atoms with van der Waals surface area (Å²) >= 11 is 0. The van der Waals surface area contributed by atoms with Crippen LogP contribution in [0.1, 0.15) is 36.7 Å². The van der Waals surface area contributed by atoms with E-state index in [0.29, 0.717) is 17.2 Å². The molecule has 9 heteroatoms. The first-order chi connectivity index (χ1) is 14.6. The molecule has 1 amide bonds. The number of sulfonamides is 1. The molecule has 0 saturated heterocycles. The number of aromatic nitrogens is 1. The Labute approximate surface area is 181 Å². The Kier molecular flexibility index (Phi) is 6.65. The molecule has 0 atom stereocenters. The summed E-state index contributed by atoms with van der Waals surface area (Å²) in [6, 6.07) is 13.2. The summed E-state index contributed by atoms with van der Waals surface area (Å²) in [7, 11) is -3.82. The van der Waals surface area contributed by atoms with Crippen LogP contribution < -0.4 is 14.8 Å². The summed E-state index contributed by atoms with van der Waals surface area (Å²) in [5.41, 5.74) is 2.53. The molecule has 0 aliphatic carbocycles. The molecule has 0 unspecified atom stereocenters. The first-order valence-corrected chi connectivity index (χ1v) is 11.2. The number of benzene rings is 2. The van der Waals surface area contributed by atoms with Crippen molar-refractivity contribution in [3.63, 3.8) is 0 Å². The molecule has 0 radical (unpaired) electrons. The van der Waals surface area contributed by atoms with Gasteiger partial charge in [0.1, 0.15) is 11.5 Å². The fourth-order valence-corrected chi connectivity index (χ4v) is 3.90. The molecule has 0 fully saturated rings. The third-order valence-corrected chi connectivity index (χ3v) is 5.84. The number of hydrogen-bond acceptors (Lipinski definition) is 6. The van der Waals surface area contributed by atoms with Gasteiger partial charge < -0.3 is 14.6 Å². The Morgan fingerprint density at radius 3 is 2.42 bits per heavy atom. The quantitative estimate of drug-likeness (QED) is 0.539. The molecule has 1 heterocycles. The minimum atomic E-state index is -3.82. The molecule has 31 heavy (non-hydrogen) atoms. The van der Waals surface area contributed by atoms with E-state index < -0.39 is 10.0 Å². The van der Waals surface area contributed by atoms with Gasteiger partial charge in [-0.2, -0.15) is 0 Å². The molecule has 3 rings (SSSR count). The summed E-state index contributed by atoms with van der Waals surface area (Å²) < 4.78 is 37.7. The number of nitrogens with zero attached hydrogens (tertiary/aromatic N) is 1. The van der Waals surface area contributed by atoms with Crippen LogP contribution in [0, 0.1) is 13.8 Å². The van der Waals surface area contributed by atoms with Crippen molar-refractivity contribution < 1.29 is 22.5 Å². The summed E-state index contributed by atoms with van der Waals surface area (Å²) in [5.74, 6) is 1.19. The molecule has 164 valence electrons. The van der Waals surface area contributed by atoms with Gasteiger partial charge in [0.25, 0.3) is 15.9 Å². The number of ether oxygens (including phenoxy) is 1. The summed E-state index contributed by atoms with van der Waals surface area (Å²) in [6.45, 7) is 7.59. The van der Waals surface area contributed by atoms with E-state index in [1.54, 1.807) is 6.92 Å². The van der Waals surface area contributed by atoms with Gasteiger partial charge in [-0.15, -0.1) is 0 Å². The minimum absolute atomic E-state index is 0.0312. The standard InChI is InChI=1S/C22H25N3O5S/c1-14(2)19-10-5-15(3)11-20(19)29-13-22(26)23-17-6-8-18(9-7-17)31(27,28)25-21-12-16(4)30-24-21/h5-12,14H,13H2,1-4H3,(H,23,26)(H,24,25). The number of hydrogen-bond donors (Lipinski definition) is 2. The molecule has 0 spiro atoms. The lowest BCUT2D eigenvalue weighted by molar-refractivity contribution is -0.118. The minimum Gasteiger partial charge on any atom is -0.483 e. The zero-order valence-corrected chi connectivity index (χ0v) is 18.6. The first kappa shape index (κ1) is 22.4. The van der Waals surface area contributed by atoms with E-state index in [1.807, 2.05) is 25.1 Å². The maximum Gasteiger partial charge on any atom is 0.263 e. The van der Waals surface area contributed by atoms with Crippen LogP contribution in [0.25, 0.3) is 0 Å². The second kappa shape index (κ2) is 9.22. The van der Waals surface area contributed by atoms with Crippen molar-refractivity contribution in [3.05, 3.63) is 65.4 Å². The monoisotopic (exact) mass is 443 g/mol. The van der Waals surface area contributed by atoms with E-state index in [-0.39, 0.29) is 29.1 Å². The number of aryl methyl sites for hydroxylation is 2. The number of rotatable bonds is 8. The van der Waals surface area contributed by atoms with Gasteiger partial charge in [0.2, 0.25) is 0 Å². The van der Waals surface area contributed by atoms with Crippen LogP contribution in [0.3, 0.4) is 0 Å². The van der Waals surface area contributed by atoms with Gasteiger partial charge in [0.15, 0.2) is 12.4 Å². The smallest absolute Gasteiger partial charge is 0.263 e. The summed E-state index contributed by atoms with van der Waals surface area (Å²) in [5, 5.41) is 6.32. The lowest BCUT2D eigenvalue weighted by Crippen LogP contribution is -2.20. The van der Waals surface area contributed by atoms with Crippen LogP contribution in [-0.2, 0) is 14.8 Å².